The van der Waals surface area contributed by atoms with Gasteiger partial charge in [-0.05, 0) is 50.2 Å². The Labute approximate surface area is 326 Å². The maximum absolute atomic E-state index is 12.8. The lowest BCUT2D eigenvalue weighted by Crippen LogP contribution is -2.27. The van der Waals surface area contributed by atoms with Crippen LogP contribution < -0.4 is 31.6 Å². The molecule has 2 unspecified atom stereocenters. The Morgan fingerprint density at radius 3 is 1.60 bits per heavy atom. The Hall–Kier alpha value is -6.73. The highest BCUT2D eigenvalue weighted by atomic mass is 19.1. The van der Waals surface area contributed by atoms with Gasteiger partial charge in [-0.25, -0.2) is 14.4 Å². The Morgan fingerprint density at radius 1 is 0.807 bits per heavy atom. The number of primary amides is 2. The van der Waals surface area contributed by atoms with E-state index >= 15 is 0 Å². The Balaban J connectivity index is 0.000000218. The number of alkyl halides is 1. The predicted molar refractivity (Wildman–Crippen MR) is 203 cm³/mol. The van der Waals surface area contributed by atoms with Crippen molar-refractivity contribution in [2.24, 2.45) is 11.5 Å². The molecule has 0 bridgehead atoms. The molecule has 4 aromatic rings. The molecule has 0 radical (unpaired) electrons. The van der Waals surface area contributed by atoms with Crippen molar-refractivity contribution >= 4 is 23.6 Å². The molecule has 17 nitrogen and oxygen atoms in total. The molecule has 0 saturated heterocycles. The quantitative estimate of drug-likeness (QED) is 0.142. The van der Waals surface area contributed by atoms with Gasteiger partial charge in [0.25, 0.3) is 23.6 Å². The lowest BCUT2D eigenvalue weighted by Gasteiger charge is -2.14. The highest BCUT2D eigenvalue weighted by Crippen LogP contribution is 2.36. The first-order chi connectivity index (χ1) is 27.0. The van der Waals surface area contributed by atoms with Crippen LogP contribution in [0.2, 0.25) is 0 Å². The van der Waals surface area contributed by atoms with Gasteiger partial charge in [-0.1, -0.05) is 23.7 Å². The molecule has 0 fully saturated rings. The fraction of sp³-hybridized carbons (Fsp3) is 0.333. The number of amides is 4. The average Bonchev–Trinajstić information content (AvgIpc) is 3.64. The van der Waals surface area contributed by atoms with Gasteiger partial charge in [-0.15, -0.1) is 0 Å². The van der Waals surface area contributed by atoms with Crippen LogP contribution in [0.3, 0.4) is 0 Å². The van der Waals surface area contributed by atoms with Gasteiger partial charge in [-0.2, -0.15) is 0 Å². The molecule has 298 valence electrons. The summed E-state index contributed by atoms with van der Waals surface area (Å²) in [6.45, 7) is 3.02. The molecule has 2 aliphatic heterocycles. The van der Waals surface area contributed by atoms with Gasteiger partial charge in [-0.3, -0.25) is 19.2 Å². The van der Waals surface area contributed by atoms with Crippen LogP contribution in [0.15, 0.2) is 36.4 Å². The van der Waals surface area contributed by atoms with E-state index in [9.17, 15) is 33.8 Å². The summed E-state index contributed by atoms with van der Waals surface area (Å²) in [4.78, 5) is 57.0. The molecule has 4 heterocycles. The lowest BCUT2D eigenvalue weighted by molar-refractivity contribution is 0.0274. The van der Waals surface area contributed by atoms with Crippen LogP contribution in [-0.4, -0.2) is 112 Å². The number of carbonyl (C=O) groups excluding carboxylic acids is 4. The molecule has 57 heavy (non-hydrogen) atoms. The first-order valence-corrected chi connectivity index (χ1v) is 17.4. The number of methoxy groups -OCH3 is 1. The van der Waals surface area contributed by atoms with Gasteiger partial charge in [0.15, 0.2) is 17.0 Å². The fourth-order valence-corrected chi connectivity index (χ4v) is 5.87. The molecule has 0 spiro atoms. The summed E-state index contributed by atoms with van der Waals surface area (Å²) in [5.41, 5.74) is 9.84. The highest BCUT2D eigenvalue weighted by Gasteiger charge is 2.31. The summed E-state index contributed by atoms with van der Waals surface area (Å²) in [6, 6.07) is 10.2. The topological polar surface area (TPSA) is 248 Å². The normalized spacial score (nSPS) is 14.2. The molecule has 18 heteroatoms. The minimum absolute atomic E-state index is 0.0540. The van der Waals surface area contributed by atoms with E-state index in [4.69, 9.17) is 25.7 Å². The van der Waals surface area contributed by atoms with Crippen LogP contribution in [0.25, 0.3) is 22.8 Å². The van der Waals surface area contributed by atoms with Crippen LogP contribution >= 0.6 is 0 Å². The van der Waals surface area contributed by atoms with Crippen molar-refractivity contribution in [1.29, 1.82) is 0 Å². The van der Waals surface area contributed by atoms with Gasteiger partial charge in [0.05, 0.1) is 30.8 Å². The zero-order valence-electron chi connectivity index (χ0n) is 31.8. The molecule has 8 N–H and O–H groups in total. The minimum Gasteiger partial charge on any atom is -0.491 e. The van der Waals surface area contributed by atoms with E-state index in [0.717, 1.165) is 0 Å². The van der Waals surface area contributed by atoms with Crippen molar-refractivity contribution in [3.05, 3.63) is 70.3 Å². The van der Waals surface area contributed by atoms with E-state index in [2.05, 4.69) is 44.3 Å². The van der Waals surface area contributed by atoms with Crippen LogP contribution in [-0.2, 0) is 17.8 Å². The number of halogens is 1. The van der Waals surface area contributed by atoms with Gasteiger partial charge >= 0.3 is 0 Å². The van der Waals surface area contributed by atoms with Crippen molar-refractivity contribution in [2.75, 3.05) is 47.7 Å². The average molecular weight is 785 g/mol. The molecule has 4 amide bonds. The first kappa shape index (κ1) is 41.4. The monoisotopic (exact) mass is 784 g/mol. The molecule has 2 atom stereocenters. The zero-order valence-corrected chi connectivity index (χ0v) is 31.8. The zero-order chi connectivity index (χ0) is 41.7. The maximum Gasteiger partial charge on any atom is 0.270 e. The Morgan fingerprint density at radius 2 is 1.23 bits per heavy atom. The molecule has 2 aromatic heterocycles. The number of hydrogen-bond acceptors (Lipinski definition) is 11. The van der Waals surface area contributed by atoms with Crippen molar-refractivity contribution in [3.8, 4) is 58.0 Å². The summed E-state index contributed by atoms with van der Waals surface area (Å²) in [5, 5.41) is 24.9. The molecule has 0 saturated carbocycles. The summed E-state index contributed by atoms with van der Waals surface area (Å²) in [5.74, 6) is 10.0. The minimum atomic E-state index is -1.76. The van der Waals surface area contributed by atoms with Crippen LogP contribution in [0, 0.1) is 23.7 Å². The van der Waals surface area contributed by atoms with Gasteiger partial charge in [0.1, 0.15) is 60.0 Å². The summed E-state index contributed by atoms with van der Waals surface area (Å²) < 4.78 is 32.4. The smallest absolute Gasteiger partial charge is 0.270 e. The number of nitrogens with zero attached hydrogens (tertiary/aromatic N) is 4. The van der Waals surface area contributed by atoms with Crippen LogP contribution in [0.4, 0.5) is 4.39 Å². The number of aliphatic hydroxyl groups is 2. The lowest BCUT2D eigenvalue weighted by atomic mass is 10.1. The van der Waals surface area contributed by atoms with E-state index in [1.165, 1.54) is 28.1 Å². The Bertz CT molecular complexity index is 2380. The fourth-order valence-electron chi connectivity index (χ4n) is 5.87. The van der Waals surface area contributed by atoms with Crippen molar-refractivity contribution in [2.45, 2.75) is 38.1 Å². The van der Waals surface area contributed by atoms with Crippen molar-refractivity contribution in [1.82, 2.24) is 29.7 Å². The summed E-state index contributed by atoms with van der Waals surface area (Å²) in [7, 11) is 4.39. The number of carbonyl (C=O) groups is 4. The van der Waals surface area contributed by atoms with E-state index in [0.29, 0.717) is 51.9 Å². The number of nitrogens with two attached hydrogens (primary N) is 2. The van der Waals surface area contributed by atoms with E-state index < -0.39 is 41.5 Å². The number of aromatic nitrogens is 4. The van der Waals surface area contributed by atoms with Crippen molar-refractivity contribution < 1.29 is 48.0 Å². The third-order valence-corrected chi connectivity index (χ3v) is 8.51. The number of ether oxygens (including phenoxy) is 3. The number of nitrogens with one attached hydrogen (secondary N) is 2. The number of benzene rings is 2. The number of hydrogen-bond donors (Lipinski definition) is 6. The molecule has 6 rings (SSSR count). The largest absolute Gasteiger partial charge is 0.491 e. The second-order valence-corrected chi connectivity index (χ2v) is 13.2. The molecule has 0 aliphatic carbocycles. The SMILES string of the molecule is CNC(=O)c1c(C(N)=O)nc2n1CCOc1ccc(C#CC(C)(O)CF)cc1-2.CNC(=O)c1c(C(N)=O)nc2n1CCOc1ccc(C#CC(C)(O)COC)cc1-2. The summed E-state index contributed by atoms with van der Waals surface area (Å²) in [6.07, 6.45) is 0. The van der Waals surface area contributed by atoms with Crippen LogP contribution in [0.1, 0.15) is 66.9 Å². The third kappa shape index (κ3) is 9.05. The predicted octanol–water partition coefficient (Wildman–Crippen LogP) is 0.623. The number of imidazole rings is 2. The van der Waals surface area contributed by atoms with Crippen molar-refractivity contribution in [3.63, 3.8) is 0 Å². The van der Waals surface area contributed by atoms with Gasteiger partial charge < -0.3 is 55.7 Å². The third-order valence-electron chi connectivity index (χ3n) is 8.51. The molecular formula is C39H41FN8O9. The highest BCUT2D eigenvalue weighted by molar-refractivity contribution is 6.06. The van der Waals surface area contributed by atoms with E-state index in [1.807, 2.05) is 0 Å². The first-order valence-electron chi connectivity index (χ1n) is 17.4. The molecular weight excluding hydrogens is 743 g/mol. The number of fused-ring (bicyclic) bond motifs is 6. The summed E-state index contributed by atoms with van der Waals surface area (Å²) >= 11 is 0. The van der Waals surface area contributed by atoms with E-state index in [1.54, 1.807) is 52.5 Å². The van der Waals surface area contributed by atoms with Gasteiger partial charge in [0.2, 0.25) is 0 Å². The standard InChI is InChI=1S/C20H22N4O5.C19H19FN4O4/c1-20(27,11-28-3)7-6-12-4-5-14-13(10-12)18-23-15(17(21)25)16(19(26)22-2)24(18)8-9-29-14;1-19(27,10-20)6-5-11-3-4-13-12(9-11)17-23-14(16(21)25)15(18(26)22-2)24(17)7-8-28-13/h4-5,10,27H,8-9,11H2,1-3H3,(H2,21,25)(H,22,26);3-4,9,27H,7-8,10H2,1-2H3,(H2,21,25)(H,22,26). The second-order valence-electron chi connectivity index (χ2n) is 13.2. The molecule has 2 aliphatic rings. The van der Waals surface area contributed by atoms with E-state index in [-0.39, 0.29) is 49.1 Å². The number of rotatable bonds is 7. The Kier molecular flexibility index (Phi) is 12.3. The molecule has 2 aromatic carbocycles. The van der Waals surface area contributed by atoms with Crippen LogP contribution in [0.5, 0.6) is 11.5 Å². The maximum atomic E-state index is 12.8. The second kappa shape index (κ2) is 17.0. The van der Waals surface area contributed by atoms with Gasteiger partial charge in [0, 0.05) is 32.3 Å².